The minimum Gasteiger partial charge on any atom is -0.336 e. The standard InChI is InChI=1S/C22H24N6O3S/c1-16-4-3-5-17(12-16)14-26-8-10-27(11-9-26)21(29)18-6-7-20(19(13-18)28(30)31)32-22-24-23-15-25(22)2/h3-7,12-13,15H,8-11,14H2,1-2H3. The number of amides is 1. The molecule has 2 aromatic carbocycles. The molecule has 32 heavy (non-hydrogen) atoms. The van der Waals surface area contributed by atoms with Crippen LogP contribution in [0.3, 0.4) is 0 Å². The normalized spacial score (nSPS) is 14.5. The van der Waals surface area contributed by atoms with Crippen molar-refractivity contribution < 1.29 is 9.72 Å². The minimum atomic E-state index is -0.463. The van der Waals surface area contributed by atoms with Crippen LogP contribution in [0.15, 0.2) is 58.8 Å². The van der Waals surface area contributed by atoms with Gasteiger partial charge >= 0.3 is 0 Å². The topological polar surface area (TPSA) is 97.4 Å². The van der Waals surface area contributed by atoms with Gasteiger partial charge in [0.25, 0.3) is 11.6 Å². The van der Waals surface area contributed by atoms with Gasteiger partial charge in [0, 0.05) is 51.4 Å². The zero-order valence-electron chi connectivity index (χ0n) is 18.0. The first kappa shape index (κ1) is 22.0. The molecule has 0 radical (unpaired) electrons. The molecule has 1 amide bonds. The number of nitro groups is 1. The van der Waals surface area contributed by atoms with E-state index in [1.165, 1.54) is 23.5 Å². The van der Waals surface area contributed by atoms with Gasteiger partial charge in [-0.15, -0.1) is 10.2 Å². The van der Waals surface area contributed by atoms with Crippen molar-refractivity contribution in [1.82, 2.24) is 24.6 Å². The van der Waals surface area contributed by atoms with Crippen molar-refractivity contribution in [2.75, 3.05) is 26.2 Å². The number of benzene rings is 2. The number of piperazine rings is 1. The van der Waals surface area contributed by atoms with Gasteiger partial charge in [0.15, 0.2) is 5.16 Å². The van der Waals surface area contributed by atoms with Gasteiger partial charge in [-0.25, -0.2) is 0 Å². The number of hydrogen-bond acceptors (Lipinski definition) is 7. The molecule has 10 heteroatoms. The Morgan fingerprint density at radius 2 is 1.94 bits per heavy atom. The van der Waals surface area contributed by atoms with Crippen molar-refractivity contribution in [3.8, 4) is 0 Å². The fourth-order valence-corrected chi connectivity index (χ4v) is 4.55. The maximum atomic E-state index is 13.0. The van der Waals surface area contributed by atoms with E-state index in [0.29, 0.717) is 28.7 Å². The number of rotatable bonds is 6. The predicted octanol–water partition coefficient (Wildman–Crippen LogP) is 3.14. The third kappa shape index (κ3) is 4.97. The van der Waals surface area contributed by atoms with Gasteiger partial charge < -0.3 is 9.47 Å². The van der Waals surface area contributed by atoms with E-state index in [1.54, 1.807) is 28.6 Å². The summed E-state index contributed by atoms with van der Waals surface area (Å²) in [4.78, 5) is 28.7. The van der Waals surface area contributed by atoms with Crippen molar-refractivity contribution in [3.63, 3.8) is 0 Å². The fourth-order valence-electron chi connectivity index (χ4n) is 3.70. The molecular formula is C22H24N6O3S. The Kier molecular flexibility index (Phi) is 6.52. The first-order valence-electron chi connectivity index (χ1n) is 10.3. The maximum Gasteiger partial charge on any atom is 0.284 e. The van der Waals surface area contributed by atoms with Crippen LogP contribution in [0.4, 0.5) is 5.69 Å². The average molecular weight is 453 g/mol. The van der Waals surface area contributed by atoms with Crippen LogP contribution in [0, 0.1) is 17.0 Å². The van der Waals surface area contributed by atoms with E-state index in [4.69, 9.17) is 0 Å². The van der Waals surface area contributed by atoms with E-state index in [-0.39, 0.29) is 11.6 Å². The van der Waals surface area contributed by atoms with Crippen LogP contribution in [0.25, 0.3) is 0 Å². The molecule has 1 aliphatic rings. The molecule has 0 unspecified atom stereocenters. The molecule has 0 saturated carbocycles. The summed E-state index contributed by atoms with van der Waals surface area (Å²) in [6, 6.07) is 13.0. The van der Waals surface area contributed by atoms with E-state index in [1.807, 2.05) is 0 Å². The second-order valence-corrected chi connectivity index (χ2v) is 8.83. The van der Waals surface area contributed by atoms with E-state index in [0.717, 1.165) is 31.4 Å². The lowest BCUT2D eigenvalue weighted by Crippen LogP contribution is -2.48. The second kappa shape index (κ2) is 9.49. The van der Waals surface area contributed by atoms with E-state index in [9.17, 15) is 14.9 Å². The third-order valence-electron chi connectivity index (χ3n) is 5.42. The number of carbonyl (C=O) groups excluding carboxylic acids is 1. The van der Waals surface area contributed by atoms with E-state index < -0.39 is 4.92 Å². The summed E-state index contributed by atoms with van der Waals surface area (Å²) >= 11 is 1.15. The van der Waals surface area contributed by atoms with Crippen molar-refractivity contribution in [3.05, 3.63) is 75.6 Å². The molecule has 1 fully saturated rings. The Labute approximate surface area is 190 Å². The summed E-state index contributed by atoms with van der Waals surface area (Å²) in [6.07, 6.45) is 1.53. The zero-order valence-corrected chi connectivity index (χ0v) is 18.8. The first-order valence-corrected chi connectivity index (χ1v) is 11.1. The van der Waals surface area contributed by atoms with Crippen LogP contribution in [-0.2, 0) is 13.6 Å². The van der Waals surface area contributed by atoms with Crippen LogP contribution in [0.5, 0.6) is 0 Å². The molecule has 0 N–H and O–H groups in total. The number of aryl methyl sites for hydroxylation is 2. The number of nitrogens with zero attached hydrogens (tertiary/aromatic N) is 6. The molecule has 1 saturated heterocycles. The summed E-state index contributed by atoms with van der Waals surface area (Å²) in [7, 11) is 1.77. The molecule has 4 rings (SSSR count). The highest BCUT2D eigenvalue weighted by Gasteiger charge is 2.25. The molecule has 0 atom stereocenters. The first-order chi connectivity index (χ1) is 15.4. The molecular weight excluding hydrogens is 428 g/mol. The lowest BCUT2D eigenvalue weighted by molar-refractivity contribution is -0.387. The Morgan fingerprint density at radius 1 is 1.16 bits per heavy atom. The Balaban J connectivity index is 1.42. The fraction of sp³-hybridized carbons (Fsp3) is 0.318. The second-order valence-electron chi connectivity index (χ2n) is 7.82. The van der Waals surface area contributed by atoms with E-state index >= 15 is 0 Å². The Bertz CT molecular complexity index is 1140. The van der Waals surface area contributed by atoms with Gasteiger partial charge in [0.1, 0.15) is 6.33 Å². The Morgan fingerprint density at radius 3 is 2.59 bits per heavy atom. The van der Waals surface area contributed by atoms with Crippen molar-refractivity contribution in [2.24, 2.45) is 7.05 Å². The smallest absolute Gasteiger partial charge is 0.284 e. The summed E-state index contributed by atoms with van der Waals surface area (Å²) in [5.41, 5.74) is 2.71. The predicted molar refractivity (Wildman–Crippen MR) is 121 cm³/mol. The lowest BCUT2D eigenvalue weighted by atomic mass is 10.1. The highest BCUT2D eigenvalue weighted by atomic mass is 32.2. The Hall–Kier alpha value is -3.24. The van der Waals surface area contributed by atoms with Crippen LogP contribution < -0.4 is 0 Å². The van der Waals surface area contributed by atoms with E-state index in [2.05, 4.69) is 46.3 Å². The third-order valence-corrected chi connectivity index (χ3v) is 6.54. The van der Waals surface area contributed by atoms with Crippen molar-refractivity contribution in [1.29, 1.82) is 0 Å². The van der Waals surface area contributed by atoms with Gasteiger partial charge in [-0.2, -0.15) is 0 Å². The summed E-state index contributed by atoms with van der Waals surface area (Å²) < 4.78 is 1.68. The highest BCUT2D eigenvalue weighted by molar-refractivity contribution is 7.99. The van der Waals surface area contributed by atoms with Crippen LogP contribution in [-0.4, -0.2) is 61.6 Å². The lowest BCUT2D eigenvalue weighted by Gasteiger charge is -2.34. The largest absolute Gasteiger partial charge is 0.336 e. The molecule has 0 aliphatic carbocycles. The average Bonchev–Trinajstić information content (AvgIpc) is 3.18. The number of hydrogen-bond donors (Lipinski definition) is 0. The van der Waals surface area contributed by atoms with Gasteiger partial charge in [-0.05, 0) is 36.4 Å². The van der Waals surface area contributed by atoms with Crippen molar-refractivity contribution in [2.45, 2.75) is 23.5 Å². The van der Waals surface area contributed by atoms with Gasteiger partial charge in [-0.1, -0.05) is 29.8 Å². The molecule has 166 valence electrons. The van der Waals surface area contributed by atoms with Gasteiger partial charge in [-0.3, -0.25) is 19.8 Å². The number of aromatic nitrogens is 3. The summed E-state index contributed by atoms with van der Waals surface area (Å²) in [5.74, 6) is -0.182. The molecule has 2 heterocycles. The molecule has 0 bridgehead atoms. The minimum absolute atomic E-state index is 0.109. The quantitative estimate of drug-likeness (QED) is 0.419. The molecule has 1 aliphatic heterocycles. The van der Waals surface area contributed by atoms with Crippen LogP contribution in [0.2, 0.25) is 0 Å². The van der Waals surface area contributed by atoms with Gasteiger partial charge in [0.2, 0.25) is 0 Å². The molecule has 3 aromatic rings. The van der Waals surface area contributed by atoms with Crippen molar-refractivity contribution >= 4 is 23.4 Å². The molecule has 1 aromatic heterocycles. The highest BCUT2D eigenvalue weighted by Crippen LogP contribution is 2.34. The molecule has 9 nitrogen and oxygen atoms in total. The number of nitro benzene ring substituents is 1. The molecule has 0 spiro atoms. The number of carbonyl (C=O) groups is 1. The van der Waals surface area contributed by atoms with Gasteiger partial charge in [0.05, 0.1) is 9.82 Å². The maximum absolute atomic E-state index is 13.0. The monoisotopic (exact) mass is 452 g/mol. The SMILES string of the molecule is Cc1cccc(CN2CCN(C(=O)c3ccc(Sc4nncn4C)c([N+](=O)[O-])c3)CC2)c1. The zero-order chi connectivity index (χ0) is 22.7. The summed E-state index contributed by atoms with van der Waals surface area (Å²) in [6.45, 7) is 5.64. The van der Waals surface area contributed by atoms with Crippen LogP contribution in [0.1, 0.15) is 21.5 Å². The summed E-state index contributed by atoms with van der Waals surface area (Å²) in [5, 5.41) is 19.9. The van der Waals surface area contributed by atoms with Crippen LogP contribution >= 0.6 is 11.8 Å².